The summed E-state index contributed by atoms with van der Waals surface area (Å²) in [6, 6.07) is 14.1. The van der Waals surface area contributed by atoms with Gasteiger partial charge in [-0.25, -0.2) is 4.85 Å². The van der Waals surface area contributed by atoms with Crippen molar-refractivity contribution >= 4 is 38.0 Å². The molecular formula is C24H18N2O2. The lowest BCUT2D eigenvalue weighted by Gasteiger charge is -2.16. The van der Waals surface area contributed by atoms with Crippen LogP contribution >= 0.6 is 0 Å². The lowest BCUT2D eigenvalue weighted by Crippen LogP contribution is -1.93. The minimum absolute atomic E-state index is 0.370. The molecule has 4 nitrogen and oxygen atoms in total. The van der Waals surface area contributed by atoms with Gasteiger partial charge in [0, 0.05) is 0 Å². The van der Waals surface area contributed by atoms with E-state index in [2.05, 4.69) is 36.9 Å². The molecule has 0 fully saturated rings. The van der Waals surface area contributed by atoms with Gasteiger partial charge in [0.1, 0.15) is 0 Å². The summed E-state index contributed by atoms with van der Waals surface area (Å²) in [5.74, 6) is 1.29. The van der Waals surface area contributed by atoms with Crippen molar-refractivity contribution in [2.75, 3.05) is 14.2 Å². The summed E-state index contributed by atoms with van der Waals surface area (Å²) in [6.45, 7) is 11.6. The third kappa shape index (κ3) is 2.43. The molecular weight excluding hydrogens is 348 g/mol. The summed E-state index contributed by atoms with van der Waals surface area (Å²) in [6.07, 6.45) is 0. The molecule has 0 spiro atoms. The first-order valence-corrected chi connectivity index (χ1v) is 8.86. The fraction of sp³-hybridized carbons (Fsp3) is 0.167. The molecule has 4 heteroatoms. The number of rotatable bonds is 2. The topological polar surface area (TPSA) is 46.6 Å². The van der Waals surface area contributed by atoms with E-state index in [1.54, 1.807) is 14.2 Å². The summed E-state index contributed by atoms with van der Waals surface area (Å²) in [7, 11) is 3.23. The minimum Gasteiger partial charge on any atom is -0.493 e. The SMILES string of the molecule is [C-]#[N+]c1cc2c3cc(C)c(C)cc3c3cc(OC)c(OC)cc3c2cc1C#N. The van der Waals surface area contributed by atoms with Crippen molar-refractivity contribution in [2.24, 2.45) is 0 Å². The Hall–Kier alpha value is -3.76. The van der Waals surface area contributed by atoms with Crippen LogP contribution in [-0.4, -0.2) is 14.2 Å². The Morgan fingerprint density at radius 1 is 0.750 bits per heavy atom. The molecule has 4 aromatic rings. The van der Waals surface area contributed by atoms with Gasteiger partial charge < -0.3 is 9.47 Å². The van der Waals surface area contributed by atoms with Crippen molar-refractivity contribution in [3.05, 3.63) is 64.5 Å². The van der Waals surface area contributed by atoms with Gasteiger partial charge in [-0.1, -0.05) is 12.1 Å². The quantitative estimate of drug-likeness (QED) is 0.313. The summed E-state index contributed by atoms with van der Waals surface area (Å²) in [5, 5.41) is 15.6. The van der Waals surface area contributed by atoms with Crippen LogP contribution in [0.3, 0.4) is 0 Å². The molecule has 0 amide bonds. The van der Waals surface area contributed by atoms with Gasteiger partial charge in [-0.05, 0) is 81.6 Å². The van der Waals surface area contributed by atoms with E-state index in [4.69, 9.17) is 16.0 Å². The number of nitrogens with zero attached hydrogens (tertiary/aromatic N) is 2. The van der Waals surface area contributed by atoms with Gasteiger partial charge in [0.25, 0.3) is 0 Å². The van der Waals surface area contributed by atoms with Crippen molar-refractivity contribution in [2.45, 2.75) is 13.8 Å². The van der Waals surface area contributed by atoms with Crippen molar-refractivity contribution in [1.29, 1.82) is 5.26 Å². The molecule has 0 bridgehead atoms. The molecule has 0 aliphatic heterocycles. The molecule has 136 valence electrons. The molecule has 0 saturated carbocycles. The molecule has 0 atom stereocenters. The first-order chi connectivity index (χ1) is 13.5. The van der Waals surface area contributed by atoms with E-state index in [0.717, 1.165) is 32.3 Å². The van der Waals surface area contributed by atoms with Gasteiger partial charge >= 0.3 is 0 Å². The molecule has 0 aliphatic rings. The molecule has 4 rings (SSSR count). The van der Waals surface area contributed by atoms with Crippen LogP contribution in [0.25, 0.3) is 37.2 Å². The Balaban J connectivity index is 2.36. The zero-order valence-corrected chi connectivity index (χ0v) is 16.2. The van der Waals surface area contributed by atoms with Crippen molar-refractivity contribution in [3.63, 3.8) is 0 Å². The van der Waals surface area contributed by atoms with E-state index in [9.17, 15) is 5.26 Å². The predicted molar refractivity (Wildman–Crippen MR) is 113 cm³/mol. The van der Waals surface area contributed by atoms with Crippen LogP contribution in [0.1, 0.15) is 16.7 Å². The van der Waals surface area contributed by atoms with Crippen LogP contribution in [0, 0.1) is 31.8 Å². The van der Waals surface area contributed by atoms with E-state index in [-0.39, 0.29) is 0 Å². The van der Waals surface area contributed by atoms with E-state index in [1.165, 1.54) is 11.1 Å². The Bertz CT molecular complexity index is 1370. The Morgan fingerprint density at radius 3 is 1.61 bits per heavy atom. The summed E-state index contributed by atoms with van der Waals surface area (Å²) < 4.78 is 11.0. The predicted octanol–water partition coefficient (Wildman–Crippen LogP) is 6.20. The van der Waals surface area contributed by atoms with Crippen LogP contribution in [-0.2, 0) is 0 Å². The molecule has 4 aromatic carbocycles. The molecule has 28 heavy (non-hydrogen) atoms. The zero-order chi connectivity index (χ0) is 20.0. The van der Waals surface area contributed by atoms with Gasteiger partial charge in [0.05, 0.1) is 32.4 Å². The Morgan fingerprint density at radius 2 is 1.18 bits per heavy atom. The van der Waals surface area contributed by atoms with Gasteiger partial charge in [-0.3, -0.25) is 0 Å². The first-order valence-electron chi connectivity index (χ1n) is 8.86. The average molecular weight is 366 g/mol. The first kappa shape index (κ1) is 17.6. The molecule has 0 unspecified atom stereocenters. The van der Waals surface area contributed by atoms with Crippen LogP contribution in [0.2, 0.25) is 0 Å². The molecule has 0 aromatic heterocycles. The number of fused-ring (bicyclic) bond motifs is 6. The maximum atomic E-state index is 9.52. The normalized spacial score (nSPS) is 10.8. The van der Waals surface area contributed by atoms with Crippen LogP contribution in [0.4, 0.5) is 5.69 Å². The van der Waals surface area contributed by atoms with Crippen LogP contribution in [0.5, 0.6) is 11.5 Å². The largest absolute Gasteiger partial charge is 0.493 e. The van der Waals surface area contributed by atoms with Gasteiger partial charge in [-0.2, -0.15) is 5.26 Å². The monoisotopic (exact) mass is 366 g/mol. The van der Waals surface area contributed by atoms with Crippen LogP contribution < -0.4 is 9.47 Å². The van der Waals surface area contributed by atoms with Gasteiger partial charge in [-0.15, -0.1) is 0 Å². The van der Waals surface area contributed by atoms with Crippen molar-refractivity contribution < 1.29 is 9.47 Å². The second-order valence-corrected chi connectivity index (χ2v) is 6.87. The van der Waals surface area contributed by atoms with Crippen molar-refractivity contribution in [3.8, 4) is 17.6 Å². The molecule has 0 aliphatic carbocycles. The summed E-state index contributed by atoms with van der Waals surface area (Å²) >= 11 is 0. The highest BCUT2D eigenvalue weighted by Gasteiger charge is 2.16. The number of nitriles is 1. The van der Waals surface area contributed by atoms with E-state index in [1.807, 2.05) is 24.3 Å². The standard InChI is InChI=1S/C24H18N2O2/c1-13-6-16-17(7-14(13)2)20-10-23(27-4)24(28-5)11-21(20)18-8-15(12-25)22(26-3)9-19(16)18/h6-11H,1-2,4-5H3. The second-order valence-electron chi connectivity index (χ2n) is 6.87. The molecule has 0 heterocycles. The molecule has 0 N–H and O–H groups in total. The number of hydrogen-bond donors (Lipinski definition) is 0. The number of aryl methyl sites for hydroxylation is 2. The van der Waals surface area contributed by atoms with E-state index >= 15 is 0 Å². The number of methoxy groups -OCH3 is 2. The zero-order valence-electron chi connectivity index (χ0n) is 16.2. The fourth-order valence-corrected chi connectivity index (χ4v) is 3.80. The van der Waals surface area contributed by atoms with Gasteiger partial charge in [0.15, 0.2) is 11.5 Å². The second kappa shape index (κ2) is 6.44. The van der Waals surface area contributed by atoms with Gasteiger partial charge in [0.2, 0.25) is 5.69 Å². The van der Waals surface area contributed by atoms with E-state index < -0.39 is 0 Å². The number of hydrogen-bond acceptors (Lipinski definition) is 3. The third-order valence-electron chi connectivity index (χ3n) is 5.40. The fourth-order valence-electron chi connectivity index (χ4n) is 3.80. The van der Waals surface area contributed by atoms with Crippen molar-refractivity contribution in [1.82, 2.24) is 0 Å². The maximum absolute atomic E-state index is 9.52. The highest BCUT2D eigenvalue weighted by atomic mass is 16.5. The Labute approximate surface area is 163 Å². The molecule has 0 saturated heterocycles. The lowest BCUT2D eigenvalue weighted by atomic mass is 9.90. The minimum atomic E-state index is 0.370. The maximum Gasteiger partial charge on any atom is 0.205 e. The third-order valence-corrected chi connectivity index (χ3v) is 5.40. The summed E-state index contributed by atoms with van der Waals surface area (Å²) in [4.78, 5) is 3.56. The summed E-state index contributed by atoms with van der Waals surface area (Å²) in [5.41, 5.74) is 3.13. The number of benzene rings is 4. The molecule has 0 radical (unpaired) electrons. The van der Waals surface area contributed by atoms with E-state index in [0.29, 0.717) is 22.7 Å². The lowest BCUT2D eigenvalue weighted by molar-refractivity contribution is 0.356. The Kier molecular flexibility index (Phi) is 4.06. The smallest absolute Gasteiger partial charge is 0.205 e. The number of ether oxygens (including phenoxy) is 2. The van der Waals surface area contributed by atoms with Crippen LogP contribution in [0.15, 0.2) is 36.4 Å². The highest BCUT2D eigenvalue weighted by molar-refractivity contribution is 6.26. The average Bonchev–Trinajstić information content (AvgIpc) is 2.73. The highest BCUT2D eigenvalue weighted by Crippen LogP contribution is 2.43.